The van der Waals surface area contributed by atoms with Crippen LogP contribution < -0.4 is 0 Å². The Bertz CT molecular complexity index is 617. The molecule has 1 aliphatic rings. The predicted molar refractivity (Wildman–Crippen MR) is 102 cm³/mol. The Morgan fingerprint density at radius 1 is 1.29 bits per heavy atom. The molecule has 0 saturated carbocycles. The first kappa shape index (κ1) is 18.8. The third-order valence-corrected chi connectivity index (χ3v) is 5.61. The van der Waals surface area contributed by atoms with Crippen LogP contribution in [0.5, 0.6) is 0 Å². The van der Waals surface area contributed by atoms with E-state index in [-0.39, 0.29) is 0 Å². The maximum Gasteiger partial charge on any atom is 0.185 e. The highest BCUT2D eigenvalue weighted by Gasteiger charge is 2.40. The van der Waals surface area contributed by atoms with Crippen LogP contribution in [0, 0.1) is 5.92 Å². The molecular weight excluding hydrogens is 314 g/mol. The van der Waals surface area contributed by atoms with Gasteiger partial charge in [-0.15, -0.1) is 0 Å². The Morgan fingerprint density at radius 3 is 2.62 bits per heavy atom. The van der Waals surface area contributed by atoms with Gasteiger partial charge in [-0.3, -0.25) is 0 Å². The highest BCUT2D eigenvalue weighted by Crippen LogP contribution is 2.44. The fourth-order valence-electron chi connectivity index (χ4n) is 3.74. The van der Waals surface area contributed by atoms with E-state index >= 15 is 0 Å². The summed E-state index contributed by atoms with van der Waals surface area (Å²) in [6, 6.07) is 10.5. The molecule has 0 N–H and O–H groups in total. The molecule has 2 atom stereocenters. The Morgan fingerprint density at radius 2 is 2.00 bits per heavy atom. The van der Waals surface area contributed by atoms with Crippen molar-refractivity contribution in [2.45, 2.75) is 57.8 Å². The number of rotatable bonds is 7. The van der Waals surface area contributed by atoms with Crippen molar-refractivity contribution < 1.29 is 4.43 Å². The van der Waals surface area contributed by atoms with Gasteiger partial charge in [0.25, 0.3) is 0 Å². The van der Waals surface area contributed by atoms with E-state index < -0.39 is 13.9 Å². The Kier molecular flexibility index (Phi) is 6.27. The molecule has 0 aromatic heterocycles. The number of nitrogens with zero attached hydrogens (tertiary/aromatic N) is 3. The second-order valence-corrected chi connectivity index (χ2v) is 12.1. The van der Waals surface area contributed by atoms with E-state index in [0.29, 0.717) is 12.5 Å². The van der Waals surface area contributed by atoms with Gasteiger partial charge in [0.2, 0.25) is 0 Å². The average Bonchev–Trinajstić information content (AvgIpc) is 2.55. The molecule has 4 nitrogen and oxygen atoms in total. The van der Waals surface area contributed by atoms with Gasteiger partial charge < -0.3 is 4.43 Å². The van der Waals surface area contributed by atoms with Gasteiger partial charge in [0.05, 0.1) is 0 Å². The van der Waals surface area contributed by atoms with Crippen molar-refractivity contribution in [1.29, 1.82) is 0 Å². The number of azide groups is 1. The van der Waals surface area contributed by atoms with Crippen LogP contribution in [-0.2, 0) is 10.0 Å². The van der Waals surface area contributed by atoms with Crippen molar-refractivity contribution in [1.82, 2.24) is 0 Å². The van der Waals surface area contributed by atoms with Crippen molar-refractivity contribution in [2.24, 2.45) is 11.0 Å². The number of benzene rings is 1. The number of hydrogen-bond donors (Lipinski definition) is 0. The summed E-state index contributed by atoms with van der Waals surface area (Å²) in [5.74, 6) is 0.422. The topological polar surface area (TPSA) is 58.0 Å². The van der Waals surface area contributed by atoms with Gasteiger partial charge in [-0.1, -0.05) is 41.5 Å². The number of allylic oxidation sites excluding steroid dienone is 1. The first-order valence-corrected chi connectivity index (χ1v) is 12.2. The van der Waals surface area contributed by atoms with Crippen LogP contribution in [0.4, 0.5) is 0 Å². The lowest BCUT2D eigenvalue weighted by Gasteiger charge is -2.43. The minimum absolute atomic E-state index is 0.396. The summed E-state index contributed by atoms with van der Waals surface area (Å²) in [5, 5.41) is 3.75. The standard InChI is InChI=1S/C19H29N3OSi/c1-19(23-24(2,3)4,17-11-6-5-7-12-17)18-13-9-8-10-16(18)14-15-21-22-20/h5-7,11-13,16H,8-10,14-15H2,1-4H3. The average molecular weight is 344 g/mol. The fraction of sp³-hybridized carbons (Fsp3) is 0.579. The van der Waals surface area contributed by atoms with Crippen LogP contribution in [0.3, 0.4) is 0 Å². The zero-order chi connectivity index (χ0) is 17.6. The van der Waals surface area contributed by atoms with E-state index in [9.17, 15) is 0 Å². The largest absolute Gasteiger partial charge is 0.405 e. The normalized spacial score (nSPS) is 20.7. The summed E-state index contributed by atoms with van der Waals surface area (Å²) in [6.45, 7) is 9.50. The Hall–Kier alpha value is -1.55. The van der Waals surface area contributed by atoms with E-state index in [1.165, 1.54) is 17.6 Å². The smallest absolute Gasteiger partial charge is 0.185 e. The van der Waals surface area contributed by atoms with Crippen molar-refractivity contribution in [3.8, 4) is 0 Å². The van der Waals surface area contributed by atoms with Gasteiger partial charge in [-0.25, -0.2) is 0 Å². The van der Waals surface area contributed by atoms with Crippen LogP contribution >= 0.6 is 0 Å². The van der Waals surface area contributed by atoms with E-state index in [0.717, 1.165) is 19.3 Å². The molecule has 2 rings (SSSR count). The molecular formula is C19H29N3OSi. The van der Waals surface area contributed by atoms with Crippen molar-refractivity contribution >= 4 is 8.32 Å². The second-order valence-electron chi connectivity index (χ2n) is 7.64. The van der Waals surface area contributed by atoms with E-state index in [2.05, 4.69) is 66.9 Å². The molecule has 0 fully saturated rings. The summed E-state index contributed by atoms with van der Waals surface area (Å²) in [4.78, 5) is 2.91. The molecule has 1 aliphatic carbocycles. The molecule has 5 heteroatoms. The molecule has 0 spiro atoms. The minimum Gasteiger partial charge on any atom is -0.405 e. The van der Waals surface area contributed by atoms with E-state index in [1.54, 1.807) is 0 Å². The van der Waals surface area contributed by atoms with Crippen LogP contribution in [0.1, 0.15) is 38.2 Å². The zero-order valence-corrected chi connectivity index (χ0v) is 16.3. The lowest BCUT2D eigenvalue weighted by Crippen LogP contribution is -2.42. The summed E-state index contributed by atoms with van der Waals surface area (Å²) in [6.07, 6.45) is 6.71. The summed E-state index contributed by atoms with van der Waals surface area (Å²) < 4.78 is 6.75. The molecule has 0 bridgehead atoms. The third kappa shape index (κ3) is 4.73. The SMILES string of the molecule is CC(O[Si](C)(C)C)(C1=CCCCC1CCN=[N+]=[N-])c1ccccc1. The molecule has 0 amide bonds. The van der Waals surface area contributed by atoms with Crippen LogP contribution in [0.2, 0.25) is 19.6 Å². The molecule has 1 aromatic rings. The quantitative estimate of drug-likeness (QED) is 0.192. The number of hydrogen-bond acceptors (Lipinski definition) is 2. The molecule has 0 aliphatic heterocycles. The van der Waals surface area contributed by atoms with Gasteiger partial charge in [-0.2, -0.15) is 0 Å². The lowest BCUT2D eigenvalue weighted by molar-refractivity contribution is 0.101. The van der Waals surface area contributed by atoms with Crippen LogP contribution in [0.15, 0.2) is 47.1 Å². The molecule has 0 radical (unpaired) electrons. The Labute approximate surface area is 146 Å². The summed E-state index contributed by atoms with van der Waals surface area (Å²) in [7, 11) is -1.75. The molecule has 2 unspecified atom stereocenters. The van der Waals surface area contributed by atoms with Crippen LogP contribution in [0.25, 0.3) is 10.4 Å². The van der Waals surface area contributed by atoms with Crippen molar-refractivity contribution in [3.05, 3.63) is 58.0 Å². The lowest BCUT2D eigenvalue weighted by atomic mass is 9.74. The first-order chi connectivity index (χ1) is 11.4. The maximum absolute atomic E-state index is 8.58. The highest BCUT2D eigenvalue weighted by atomic mass is 28.4. The van der Waals surface area contributed by atoms with Gasteiger partial charge in [0, 0.05) is 11.5 Å². The molecule has 24 heavy (non-hydrogen) atoms. The third-order valence-electron chi connectivity index (χ3n) is 4.59. The fourth-order valence-corrected chi connectivity index (χ4v) is 5.20. The molecule has 130 valence electrons. The molecule has 0 heterocycles. The van der Waals surface area contributed by atoms with Gasteiger partial charge >= 0.3 is 0 Å². The first-order valence-electron chi connectivity index (χ1n) is 8.84. The minimum atomic E-state index is -1.75. The zero-order valence-electron chi connectivity index (χ0n) is 15.3. The van der Waals surface area contributed by atoms with E-state index in [1.807, 2.05) is 6.07 Å². The predicted octanol–water partition coefficient (Wildman–Crippen LogP) is 6.18. The van der Waals surface area contributed by atoms with Gasteiger partial charge in [0.15, 0.2) is 8.32 Å². The summed E-state index contributed by atoms with van der Waals surface area (Å²) >= 11 is 0. The van der Waals surface area contributed by atoms with Crippen molar-refractivity contribution in [2.75, 3.05) is 6.54 Å². The van der Waals surface area contributed by atoms with E-state index in [4.69, 9.17) is 9.96 Å². The van der Waals surface area contributed by atoms with Crippen molar-refractivity contribution in [3.63, 3.8) is 0 Å². The van der Waals surface area contributed by atoms with Gasteiger partial charge in [0.1, 0.15) is 5.60 Å². The Balaban J connectivity index is 2.40. The second kappa shape index (κ2) is 8.02. The molecule has 1 aromatic carbocycles. The summed E-state index contributed by atoms with van der Waals surface area (Å²) in [5.41, 5.74) is 10.8. The monoisotopic (exact) mass is 343 g/mol. The van der Waals surface area contributed by atoms with Crippen LogP contribution in [-0.4, -0.2) is 14.9 Å². The molecule has 0 saturated heterocycles. The van der Waals surface area contributed by atoms with Gasteiger partial charge in [-0.05, 0) is 74.8 Å². The highest BCUT2D eigenvalue weighted by molar-refractivity contribution is 6.69. The maximum atomic E-state index is 8.58.